The molecule has 0 unspecified atom stereocenters. The number of carbonyl (C=O) groups is 1. The van der Waals surface area contributed by atoms with Gasteiger partial charge >= 0.3 is 0 Å². The monoisotopic (exact) mass is 367 g/mol. The molecule has 1 fully saturated rings. The molecule has 1 N–H and O–H groups in total. The second kappa shape index (κ2) is 5.68. The lowest BCUT2D eigenvalue weighted by atomic mass is 10.3. The number of hydrogen-bond donors (Lipinski definition) is 1. The van der Waals surface area contributed by atoms with Crippen LogP contribution in [-0.4, -0.2) is 17.9 Å². The number of rotatable bonds is 4. The third kappa shape index (κ3) is 2.97. The molecule has 0 saturated heterocycles. The van der Waals surface area contributed by atoms with Crippen LogP contribution in [0.15, 0.2) is 59.1 Å². The SMILES string of the molecule is O=C(Nc1ccccc1)[C@@H]1[C@@H](Oc2ccc(Br)cc2)C1(F)F. The van der Waals surface area contributed by atoms with E-state index in [2.05, 4.69) is 21.2 Å². The first-order chi connectivity index (χ1) is 10.5. The van der Waals surface area contributed by atoms with Gasteiger partial charge in [0.1, 0.15) is 11.7 Å². The normalized spacial score (nSPS) is 22.0. The van der Waals surface area contributed by atoms with Gasteiger partial charge < -0.3 is 10.1 Å². The van der Waals surface area contributed by atoms with Crippen LogP contribution >= 0.6 is 15.9 Å². The Morgan fingerprint density at radius 2 is 1.73 bits per heavy atom. The molecule has 0 bridgehead atoms. The predicted octanol–water partition coefficient (Wildman–Crippen LogP) is 4.10. The first kappa shape index (κ1) is 15.0. The summed E-state index contributed by atoms with van der Waals surface area (Å²) in [7, 11) is 0. The van der Waals surface area contributed by atoms with Crippen LogP contribution in [0.3, 0.4) is 0 Å². The van der Waals surface area contributed by atoms with Gasteiger partial charge in [0.25, 0.3) is 5.92 Å². The van der Waals surface area contributed by atoms with Crippen molar-refractivity contribution in [2.24, 2.45) is 5.92 Å². The Bertz CT molecular complexity index is 676. The van der Waals surface area contributed by atoms with Gasteiger partial charge in [-0.2, -0.15) is 0 Å². The number of hydrogen-bond acceptors (Lipinski definition) is 2. The van der Waals surface area contributed by atoms with Crippen molar-refractivity contribution in [1.82, 2.24) is 0 Å². The van der Waals surface area contributed by atoms with Gasteiger partial charge in [-0.1, -0.05) is 34.1 Å². The number of para-hydroxylation sites is 1. The van der Waals surface area contributed by atoms with Crippen LogP contribution in [0.25, 0.3) is 0 Å². The minimum atomic E-state index is -3.16. The topological polar surface area (TPSA) is 38.3 Å². The average Bonchev–Trinajstić information content (AvgIpc) is 3.03. The number of benzene rings is 2. The van der Waals surface area contributed by atoms with Crippen molar-refractivity contribution in [3.05, 3.63) is 59.1 Å². The number of anilines is 1. The Balaban J connectivity index is 1.67. The second-order valence-electron chi connectivity index (χ2n) is 5.00. The summed E-state index contributed by atoms with van der Waals surface area (Å²) in [6, 6.07) is 15.0. The highest BCUT2D eigenvalue weighted by Gasteiger charge is 2.74. The molecular weight excluding hydrogens is 356 g/mol. The minimum absolute atomic E-state index is 0.308. The van der Waals surface area contributed by atoms with E-state index in [1.807, 2.05) is 0 Å². The Hall–Kier alpha value is -1.95. The molecule has 2 aromatic rings. The maximum Gasteiger partial charge on any atom is 0.300 e. The molecule has 0 spiro atoms. The van der Waals surface area contributed by atoms with Crippen LogP contribution in [0.5, 0.6) is 5.75 Å². The van der Waals surface area contributed by atoms with Gasteiger partial charge in [-0.25, -0.2) is 8.78 Å². The Kier molecular flexibility index (Phi) is 3.87. The molecule has 1 amide bonds. The zero-order valence-corrected chi connectivity index (χ0v) is 12.9. The van der Waals surface area contributed by atoms with E-state index in [1.54, 1.807) is 54.6 Å². The Morgan fingerprint density at radius 1 is 1.09 bits per heavy atom. The standard InChI is InChI=1S/C16H12BrF2NO2/c17-10-6-8-12(9-7-10)22-14-13(16(14,18)19)15(21)20-11-4-2-1-3-5-11/h1-9,13-14H,(H,20,21)/t13-,14+/m0/s1. The zero-order valence-electron chi connectivity index (χ0n) is 11.3. The molecule has 0 heterocycles. The van der Waals surface area contributed by atoms with Gasteiger partial charge in [0.05, 0.1) is 0 Å². The van der Waals surface area contributed by atoms with E-state index >= 15 is 0 Å². The molecule has 3 nitrogen and oxygen atoms in total. The summed E-state index contributed by atoms with van der Waals surface area (Å²) in [4.78, 5) is 12.0. The molecular formula is C16H12BrF2NO2. The molecule has 0 aromatic heterocycles. The highest BCUT2D eigenvalue weighted by atomic mass is 79.9. The molecule has 2 aromatic carbocycles. The summed E-state index contributed by atoms with van der Waals surface area (Å²) < 4.78 is 33.6. The number of ether oxygens (including phenoxy) is 1. The molecule has 0 aliphatic heterocycles. The average molecular weight is 368 g/mol. The van der Waals surface area contributed by atoms with E-state index in [4.69, 9.17) is 4.74 Å². The molecule has 1 aliphatic rings. The van der Waals surface area contributed by atoms with E-state index < -0.39 is 23.9 Å². The van der Waals surface area contributed by atoms with Crippen molar-refractivity contribution in [3.63, 3.8) is 0 Å². The fourth-order valence-corrected chi connectivity index (χ4v) is 2.42. The molecule has 6 heteroatoms. The number of amides is 1. The fourth-order valence-electron chi connectivity index (χ4n) is 2.16. The van der Waals surface area contributed by atoms with Crippen LogP contribution in [0, 0.1) is 5.92 Å². The first-order valence-electron chi connectivity index (χ1n) is 6.64. The van der Waals surface area contributed by atoms with Crippen LogP contribution < -0.4 is 10.1 Å². The van der Waals surface area contributed by atoms with Crippen LogP contribution in [-0.2, 0) is 4.79 Å². The summed E-state index contributed by atoms with van der Waals surface area (Å²) in [5.74, 6) is -5.07. The minimum Gasteiger partial charge on any atom is -0.483 e. The van der Waals surface area contributed by atoms with Gasteiger partial charge in [0.15, 0.2) is 6.10 Å². The Morgan fingerprint density at radius 3 is 2.36 bits per heavy atom. The highest BCUT2D eigenvalue weighted by molar-refractivity contribution is 9.10. The third-order valence-corrected chi connectivity index (χ3v) is 3.92. The molecule has 22 heavy (non-hydrogen) atoms. The number of alkyl halides is 2. The number of nitrogens with one attached hydrogen (secondary N) is 1. The zero-order chi connectivity index (χ0) is 15.7. The van der Waals surface area contributed by atoms with Crippen molar-refractivity contribution in [2.45, 2.75) is 12.0 Å². The number of halogens is 3. The van der Waals surface area contributed by atoms with Crippen molar-refractivity contribution < 1.29 is 18.3 Å². The van der Waals surface area contributed by atoms with Crippen molar-refractivity contribution in [2.75, 3.05) is 5.32 Å². The fraction of sp³-hybridized carbons (Fsp3) is 0.188. The maximum absolute atomic E-state index is 13.8. The lowest BCUT2D eigenvalue weighted by Crippen LogP contribution is -2.18. The summed E-state index contributed by atoms with van der Waals surface area (Å²) in [5, 5.41) is 2.48. The second-order valence-corrected chi connectivity index (χ2v) is 5.92. The van der Waals surface area contributed by atoms with Crippen molar-refractivity contribution in [3.8, 4) is 5.75 Å². The van der Waals surface area contributed by atoms with Gasteiger partial charge in [-0.15, -0.1) is 0 Å². The van der Waals surface area contributed by atoms with Crippen molar-refractivity contribution in [1.29, 1.82) is 0 Å². The van der Waals surface area contributed by atoms with E-state index in [9.17, 15) is 13.6 Å². The summed E-state index contributed by atoms with van der Waals surface area (Å²) in [6.45, 7) is 0. The van der Waals surface area contributed by atoms with E-state index in [0.717, 1.165) is 4.47 Å². The lowest BCUT2D eigenvalue weighted by molar-refractivity contribution is -0.119. The Labute approximate surface area is 134 Å². The molecule has 2 atom stereocenters. The molecule has 3 rings (SSSR count). The summed E-state index contributed by atoms with van der Waals surface area (Å²) >= 11 is 3.25. The van der Waals surface area contributed by atoms with Gasteiger partial charge in [0.2, 0.25) is 5.91 Å². The highest BCUT2D eigenvalue weighted by Crippen LogP contribution is 2.51. The van der Waals surface area contributed by atoms with Gasteiger partial charge in [-0.05, 0) is 36.4 Å². The van der Waals surface area contributed by atoms with E-state index in [0.29, 0.717) is 11.4 Å². The predicted molar refractivity (Wildman–Crippen MR) is 82.1 cm³/mol. The quantitative estimate of drug-likeness (QED) is 0.883. The largest absolute Gasteiger partial charge is 0.483 e. The lowest BCUT2D eigenvalue weighted by Gasteiger charge is -2.05. The smallest absolute Gasteiger partial charge is 0.300 e. The van der Waals surface area contributed by atoms with E-state index in [-0.39, 0.29) is 0 Å². The molecule has 1 aliphatic carbocycles. The first-order valence-corrected chi connectivity index (χ1v) is 7.44. The van der Waals surface area contributed by atoms with E-state index in [1.165, 1.54) is 0 Å². The number of carbonyl (C=O) groups excluding carboxylic acids is 1. The molecule has 1 saturated carbocycles. The van der Waals surface area contributed by atoms with Crippen LogP contribution in [0.4, 0.5) is 14.5 Å². The third-order valence-electron chi connectivity index (χ3n) is 3.39. The maximum atomic E-state index is 13.8. The molecule has 114 valence electrons. The van der Waals surface area contributed by atoms with Gasteiger partial charge in [-0.3, -0.25) is 4.79 Å². The van der Waals surface area contributed by atoms with Crippen LogP contribution in [0.2, 0.25) is 0 Å². The molecule has 0 radical (unpaired) electrons. The summed E-state index contributed by atoms with van der Waals surface area (Å²) in [5.41, 5.74) is 0.484. The summed E-state index contributed by atoms with van der Waals surface area (Å²) in [6.07, 6.45) is -1.43. The van der Waals surface area contributed by atoms with Crippen molar-refractivity contribution >= 4 is 27.5 Å². The van der Waals surface area contributed by atoms with Crippen LogP contribution in [0.1, 0.15) is 0 Å². The van der Waals surface area contributed by atoms with Gasteiger partial charge in [0, 0.05) is 10.2 Å².